The van der Waals surface area contributed by atoms with Gasteiger partial charge in [-0.05, 0) is 31.2 Å². The van der Waals surface area contributed by atoms with Crippen LogP contribution in [-0.4, -0.2) is 56.7 Å². The first-order valence-electron chi connectivity index (χ1n) is 7.52. The van der Waals surface area contributed by atoms with Crippen molar-refractivity contribution >= 4 is 0 Å². The standard InChI is InChI=1S/C17H27N3O/c1-4-9-17(18,14-20-12-10-19(2)11-13-20)15-5-7-16(21-3)8-6-15/h4-8H,1,9-14,18H2,2-3H3. The van der Waals surface area contributed by atoms with E-state index in [-0.39, 0.29) is 5.54 Å². The van der Waals surface area contributed by atoms with Crippen molar-refractivity contribution in [2.75, 3.05) is 46.9 Å². The van der Waals surface area contributed by atoms with E-state index in [4.69, 9.17) is 10.5 Å². The number of hydrogen-bond donors (Lipinski definition) is 1. The van der Waals surface area contributed by atoms with E-state index in [1.54, 1.807) is 7.11 Å². The SMILES string of the molecule is C=CCC(N)(CN1CCN(C)CC1)c1ccc(OC)cc1. The van der Waals surface area contributed by atoms with Gasteiger partial charge in [0.25, 0.3) is 0 Å². The first kappa shape index (κ1) is 16.0. The van der Waals surface area contributed by atoms with Gasteiger partial charge in [0.2, 0.25) is 0 Å². The van der Waals surface area contributed by atoms with Crippen LogP contribution < -0.4 is 10.5 Å². The number of nitrogens with two attached hydrogens (primary N) is 1. The fraction of sp³-hybridized carbons (Fsp3) is 0.529. The molecular formula is C17H27N3O. The molecule has 21 heavy (non-hydrogen) atoms. The molecule has 1 fully saturated rings. The van der Waals surface area contributed by atoms with Gasteiger partial charge in [-0.2, -0.15) is 0 Å². The zero-order valence-electron chi connectivity index (χ0n) is 13.2. The van der Waals surface area contributed by atoms with Crippen LogP contribution in [0.3, 0.4) is 0 Å². The van der Waals surface area contributed by atoms with E-state index in [2.05, 4.69) is 35.6 Å². The zero-order valence-corrected chi connectivity index (χ0v) is 13.2. The molecule has 2 rings (SSSR count). The number of rotatable bonds is 6. The van der Waals surface area contributed by atoms with E-state index in [1.807, 2.05) is 18.2 Å². The molecule has 0 aliphatic carbocycles. The van der Waals surface area contributed by atoms with Gasteiger partial charge in [-0.15, -0.1) is 6.58 Å². The van der Waals surface area contributed by atoms with E-state index in [9.17, 15) is 0 Å². The molecule has 4 nitrogen and oxygen atoms in total. The van der Waals surface area contributed by atoms with Gasteiger partial charge < -0.3 is 15.4 Å². The highest BCUT2D eigenvalue weighted by atomic mass is 16.5. The Morgan fingerprint density at radius 3 is 2.38 bits per heavy atom. The lowest BCUT2D eigenvalue weighted by Gasteiger charge is -2.39. The molecule has 1 aromatic rings. The van der Waals surface area contributed by atoms with Gasteiger partial charge in [0.05, 0.1) is 12.6 Å². The Morgan fingerprint density at radius 1 is 1.24 bits per heavy atom. The van der Waals surface area contributed by atoms with Gasteiger partial charge in [-0.1, -0.05) is 18.2 Å². The zero-order chi connectivity index (χ0) is 15.3. The number of ether oxygens (including phenoxy) is 1. The maximum atomic E-state index is 6.72. The van der Waals surface area contributed by atoms with Crippen LogP contribution in [0.2, 0.25) is 0 Å². The Bertz CT molecular complexity index is 452. The molecule has 0 radical (unpaired) electrons. The average Bonchev–Trinajstić information content (AvgIpc) is 2.50. The lowest BCUT2D eigenvalue weighted by atomic mass is 9.86. The Labute approximate surface area is 128 Å². The largest absolute Gasteiger partial charge is 0.497 e. The smallest absolute Gasteiger partial charge is 0.118 e. The fourth-order valence-electron chi connectivity index (χ4n) is 2.86. The second-order valence-corrected chi connectivity index (χ2v) is 5.96. The quantitative estimate of drug-likeness (QED) is 0.809. The second-order valence-electron chi connectivity index (χ2n) is 5.96. The van der Waals surface area contributed by atoms with Crippen LogP contribution in [0.15, 0.2) is 36.9 Å². The minimum absolute atomic E-state index is 0.385. The van der Waals surface area contributed by atoms with Crippen molar-refractivity contribution in [3.63, 3.8) is 0 Å². The lowest BCUT2D eigenvalue weighted by molar-refractivity contribution is 0.126. The van der Waals surface area contributed by atoms with E-state index in [0.29, 0.717) is 0 Å². The van der Waals surface area contributed by atoms with Gasteiger partial charge >= 0.3 is 0 Å². The molecule has 1 heterocycles. The monoisotopic (exact) mass is 289 g/mol. The molecule has 1 aliphatic rings. The first-order valence-corrected chi connectivity index (χ1v) is 7.52. The summed E-state index contributed by atoms with van der Waals surface area (Å²) in [6.45, 7) is 9.09. The molecule has 1 unspecified atom stereocenters. The van der Waals surface area contributed by atoms with Crippen molar-refractivity contribution in [3.05, 3.63) is 42.5 Å². The van der Waals surface area contributed by atoms with Gasteiger partial charge in [0.15, 0.2) is 0 Å². The summed E-state index contributed by atoms with van der Waals surface area (Å²) in [6, 6.07) is 8.09. The highest BCUT2D eigenvalue weighted by Gasteiger charge is 2.29. The molecule has 0 saturated carbocycles. The van der Waals surface area contributed by atoms with Gasteiger partial charge in [-0.25, -0.2) is 0 Å². The van der Waals surface area contributed by atoms with E-state index < -0.39 is 0 Å². The van der Waals surface area contributed by atoms with Crippen LogP contribution in [0.4, 0.5) is 0 Å². The fourth-order valence-corrected chi connectivity index (χ4v) is 2.86. The highest BCUT2D eigenvalue weighted by Crippen LogP contribution is 2.26. The minimum Gasteiger partial charge on any atom is -0.497 e. The summed E-state index contributed by atoms with van der Waals surface area (Å²) in [6.07, 6.45) is 2.69. The van der Waals surface area contributed by atoms with Crippen molar-refractivity contribution in [2.24, 2.45) is 5.73 Å². The number of hydrogen-bond acceptors (Lipinski definition) is 4. The summed E-state index contributed by atoms with van der Waals surface area (Å²) < 4.78 is 5.23. The molecule has 116 valence electrons. The van der Waals surface area contributed by atoms with Crippen LogP contribution in [0, 0.1) is 0 Å². The van der Waals surface area contributed by atoms with Crippen LogP contribution in [0.25, 0.3) is 0 Å². The van der Waals surface area contributed by atoms with Crippen molar-refractivity contribution in [3.8, 4) is 5.75 Å². The molecule has 1 aliphatic heterocycles. The third kappa shape index (κ3) is 4.06. The molecule has 0 amide bonds. The molecule has 1 saturated heterocycles. The summed E-state index contributed by atoms with van der Waals surface area (Å²) in [4.78, 5) is 4.81. The highest BCUT2D eigenvalue weighted by molar-refractivity contribution is 5.32. The number of methoxy groups -OCH3 is 1. The Morgan fingerprint density at radius 2 is 1.86 bits per heavy atom. The molecule has 1 aromatic carbocycles. The summed E-state index contributed by atoms with van der Waals surface area (Å²) in [7, 11) is 3.85. The normalized spacial score (nSPS) is 20.0. The van der Waals surface area contributed by atoms with Gasteiger partial charge in [-0.3, -0.25) is 4.90 Å². The van der Waals surface area contributed by atoms with Crippen molar-refractivity contribution in [1.82, 2.24) is 9.80 Å². The summed E-state index contributed by atoms with van der Waals surface area (Å²) in [5, 5.41) is 0. The molecular weight excluding hydrogens is 262 g/mol. The first-order chi connectivity index (χ1) is 10.1. The molecule has 0 bridgehead atoms. The molecule has 0 spiro atoms. The Kier molecular flexibility index (Phi) is 5.39. The lowest BCUT2D eigenvalue weighted by Crippen LogP contribution is -2.53. The van der Waals surface area contributed by atoms with E-state index >= 15 is 0 Å². The van der Waals surface area contributed by atoms with Crippen molar-refractivity contribution in [2.45, 2.75) is 12.0 Å². The minimum atomic E-state index is -0.385. The second kappa shape index (κ2) is 7.07. The molecule has 4 heteroatoms. The van der Waals surface area contributed by atoms with Gasteiger partial charge in [0.1, 0.15) is 5.75 Å². The van der Waals surface area contributed by atoms with Gasteiger partial charge in [0, 0.05) is 32.7 Å². The third-order valence-corrected chi connectivity index (χ3v) is 4.28. The Balaban J connectivity index is 2.12. The van der Waals surface area contributed by atoms with Crippen molar-refractivity contribution < 1.29 is 4.74 Å². The summed E-state index contributed by atoms with van der Waals surface area (Å²) in [5.41, 5.74) is 7.48. The van der Waals surface area contributed by atoms with Crippen LogP contribution in [0.5, 0.6) is 5.75 Å². The number of piperazine rings is 1. The van der Waals surface area contributed by atoms with Crippen LogP contribution in [0.1, 0.15) is 12.0 Å². The van der Waals surface area contributed by atoms with Crippen LogP contribution >= 0.6 is 0 Å². The topological polar surface area (TPSA) is 41.7 Å². The summed E-state index contributed by atoms with van der Waals surface area (Å²) >= 11 is 0. The number of likely N-dealkylation sites (N-methyl/N-ethyl adjacent to an activating group) is 1. The number of nitrogens with zero attached hydrogens (tertiary/aromatic N) is 2. The average molecular weight is 289 g/mol. The van der Waals surface area contributed by atoms with E-state index in [1.165, 1.54) is 0 Å². The van der Waals surface area contributed by atoms with Crippen molar-refractivity contribution in [1.29, 1.82) is 0 Å². The molecule has 0 aromatic heterocycles. The van der Waals surface area contributed by atoms with Crippen LogP contribution in [-0.2, 0) is 5.54 Å². The van der Waals surface area contributed by atoms with E-state index in [0.717, 1.165) is 50.5 Å². The predicted octanol–water partition coefficient (Wildman–Crippen LogP) is 1.67. The molecule has 2 N–H and O–H groups in total. The molecule has 1 atom stereocenters. The third-order valence-electron chi connectivity index (χ3n) is 4.28. The predicted molar refractivity (Wildman–Crippen MR) is 87.6 cm³/mol. The number of benzene rings is 1. The Hall–Kier alpha value is -1.36. The maximum Gasteiger partial charge on any atom is 0.118 e. The summed E-state index contributed by atoms with van der Waals surface area (Å²) in [5.74, 6) is 0.860. The maximum absolute atomic E-state index is 6.72.